The maximum absolute atomic E-state index is 6.32. The van der Waals surface area contributed by atoms with Crippen LogP contribution >= 0.6 is 11.6 Å². The molecule has 0 saturated carbocycles. The van der Waals surface area contributed by atoms with Crippen molar-refractivity contribution in [2.75, 3.05) is 13.1 Å². The van der Waals surface area contributed by atoms with Crippen molar-refractivity contribution in [3.8, 4) is 0 Å². The zero-order valence-corrected chi connectivity index (χ0v) is 14.5. The summed E-state index contributed by atoms with van der Waals surface area (Å²) in [6, 6.07) is 17.1. The normalized spacial score (nSPS) is 22.2. The van der Waals surface area contributed by atoms with Crippen LogP contribution in [0.25, 0.3) is 0 Å². The maximum Gasteiger partial charge on any atom is 0.0408 e. The molecule has 23 heavy (non-hydrogen) atoms. The molecule has 3 rings (SSSR count). The number of benzene rings is 2. The van der Waals surface area contributed by atoms with Gasteiger partial charge in [0.05, 0.1) is 0 Å². The molecular formula is C20H25ClN2. The van der Waals surface area contributed by atoms with E-state index < -0.39 is 0 Å². The highest BCUT2D eigenvalue weighted by Gasteiger charge is 2.25. The Morgan fingerprint density at radius 3 is 2.74 bits per heavy atom. The van der Waals surface area contributed by atoms with E-state index in [2.05, 4.69) is 48.2 Å². The standard InChI is InChI=1S/C20H25ClN2/c1-15-5-2-3-7-18(15)13-23-12-17(11-20(22)14-23)9-16-6-4-8-19(21)10-16/h2-8,10,17,20H,9,11-14,22H2,1H3. The van der Waals surface area contributed by atoms with Crippen molar-refractivity contribution in [3.05, 3.63) is 70.2 Å². The van der Waals surface area contributed by atoms with E-state index in [9.17, 15) is 0 Å². The number of piperidine rings is 1. The second kappa shape index (κ2) is 7.48. The van der Waals surface area contributed by atoms with E-state index in [-0.39, 0.29) is 6.04 Å². The topological polar surface area (TPSA) is 29.3 Å². The van der Waals surface area contributed by atoms with Crippen LogP contribution in [-0.2, 0) is 13.0 Å². The van der Waals surface area contributed by atoms with Gasteiger partial charge < -0.3 is 5.73 Å². The lowest BCUT2D eigenvalue weighted by atomic mass is 9.88. The quantitative estimate of drug-likeness (QED) is 0.917. The molecule has 0 radical (unpaired) electrons. The van der Waals surface area contributed by atoms with Gasteiger partial charge in [0.2, 0.25) is 0 Å². The molecule has 2 unspecified atom stereocenters. The van der Waals surface area contributed by atoms with Gasteiger partial charge in [0.15, 0.2) is 0 Å². The highest BCUT2D eigenvalue weighted by Crippen LogP contribution is 2.23. The number of hydrogen-bond donors (Lipinski definition) is 1. The fraction of sp³-hybridized carbons (Fsp3) is 0.400. The highest BCUT2D eigenvalue weighted by atomic mass is 35.5. The van der Waals surface area contributed by atoms with Gasteiger partial charge >= 0.3 is 0 Å². The fourth-order valence-electron chi connectivity index (χ4n) is 3.65. The molecule has 1 fully saturated rings. The summed E-state index contributed by atoms with van der Waals surface area (Å²) in [5.41, 5.74) is 10.4. The van der Waals surface area contributed by atoms with E-state index in [0.717, 1.165) is 37.5 Å². The molecule has 0 bridgehead atoms. The molecule has 2 atom stereocenters. The summed E-state index contributed by atoms with van der Waals surface area (Å²) in [6.07, 6.45) is 2.15. The van der Waals surface area contributed by atoms with E-state index in [1.165, 1.54) is 16.7 Å². The summed E-state index contributed by atoms with van der Waals surface area (Å²) in [5, 5.41) is 0.819. The molecule has 122 valence electrons. The van der Waals surface area contributed by atoms with E-state index in [1.54, 1.807) is 0 Å². The van der Waals surface area contributed by atoms with Gasteiger partial charge in [-0.3, -0.25) is 4.90 Å². The predicted octanol–water partition coefficient (Wildman–Crippen LogP) is 4.04. The number of likely N-dealkylation sites (tertiary alicyclic amines) is 1. The lowest BCUT2D eigenvalue weighted by Gasteiger charge is -2.36. The Kier molecular flexibility index (Phi) is 5.37. The molecule has 0 amide bonds. The molecule has 1 aliphatic rings. The van der Waals surface area contributed by atoms with E-state index in [4.69, 9.17) is 17.3 Å². The van der Waals surface area contributed by atoms with Crippen LogP contribution in [-0.4, -0.2) is 24.0 Å². The van der Waals surface area contributed by atoms with Crippen molar-refractivity contribution in [3.63, 3.8) is 0 Å². The van der Waals surface area contributed by atoms with Crippen LogP contribution in [0.1, 0.15) is 23.1 Å². The first-order valence-electron chi connectivity index (χ1n) is 8.37. The molecule has 2 aromatic rings. The second-order valence-corrected chi connectivity index (χ2v) is 7.25. The number of rotatable bonds is 4. The van der Waals surface area contributed by atoms with Gasteiger partial charge in [0.1, 0.15) is 0 Å². The minimum absolute atomic E-state index is 0.261. The Hall–Kier alpha value is -1.35. The van der Waals surface area contributed by atoms with Crippen molar-refractivity contribution in [1.82, 2.24) is 4.90 Å². The van der Waals surface area contributed by atoms with Crippen molar-refractivity contribution in [2.24, 2.45) is 11.7 Å². The molecule has 3 heteroatoms. The second-order valence-electron chi connectivity index (χ2n) is 6.82. The molecule has 0 spiro atoms. The molecule has 1 aliphatic heterocycles. The number of nitrogens with two attached hydrogens (primary N) is 1. The lowest BCUT2D eigenvalue weighted by Crippen LogP contribution is -2.47. The van der Waals surface area contributed by atoms with Crippen molar-refractivity contribution in [1.29, 1.82) is 0 Å². The predicted molar refractivity (Wildman–Crippen MR) is 97.7 cm³/mol. The average Bonchev–Trinajstić information content (AvgIpc) is 2.49. The first-order valence-corrected chi connectivity index (χ1v) is 8.75. The third-order valence-electron chi connectivity index (χ3n) is 4.71. The van der Waals surface area contributed by atoms with Gasteiger partial charge in [-0.05, 0) is 54.5 Å². The zero-order valence-electron chi connectivity index (χ0n) is 13.7. The molecule has 2 aromatic carbocycles. The summed E-state index contributed by atoms with van der Waals surface area (Å²) in [6.45, 7) is 5.27. The fourth-order valence-corrected chi connectivity index (χ4v) is 3.86. The molecule has 2 nitrogen and oxygen atoms in total. The maximum atomic E-state index is 6.32. The zero-order chi connectivity index (χ0) is 16.2. The third kappa shape index (κ3) is 4.57. The molecule has 2 N–H and O–H groups in total. The Labute approximate surface area is 144 Å². The Balaban J connectivity index is 1.66. The van der Waals surface area contributed by atoms with Gasteiger partial charge in [-0.2, -0.15) is 0 Å². The van der Waals surface area contributed by atoms with Crippen LogP contribution in [0.3, 0.4) is 0 Å². The summed E-state index contributed by atoms with van der Waals surface area (Å²) in [7, 11) is 0. The van der Waals surface area contributed by atoms with E-state index in [1.807, 2.05) is 12.1 Å². The summed E-state index contributed by atoms with van der Waals surface area (Å²) < 4.78 is 0. The Morgan fingerprint density at radius 1 is 1.13 bits per heavy atom. The Bertz CT molecular complexity index is 656. The van der Waals surface area contributed by atoms with Crippen molar-refractivity contribution >= 4 is 11.6 Å². The summed E-state index contributed by atoms with van der Waals surface area (Å²) in [4.78, 5) is 2.51. The number of hydrogen-bond acceptors (Lipinski definition) is 2. The van der Waals surface area contributed by atoms with Crippen molar-refractivity contribution < 1.29 is 0 Å². The lowest BCUT2D eigenvalue weighted by molar-refractivity contribution is 0.149. The molecular weight excluding hydrogens is 304 g/mol. The molecule has 0 aliphatic carbocycles. The van der Waals surface area contributed by atoms with E-state index in [0.29, 0.717) is 5.92 Å². The first kappa shape index (κ1) is 16.5. The number of aryl methyl sites for hydroxylation is 1. The number of nitrogens with zero attached hydrogens (tertiary/aromatic N) is 1. The van der Waals surface area contributed by atoms with E-state index >= 15 is 0 Å². The van der Waals surface area contributed by atoms with Crippen LogP contribution in [0.15, 0.2) is 48.5 Å². The van der Waals surface area contributed by atoms with Crippen LogP contribution in [0.5, 0.6) is 0 Å². The average molecular weight is 329 g/mol. The molecule has 1 saturated heterocycles. The highest BCUT2D eigenvalue weighted by molar-refractivity contribution is 6.30. The SMILES string of the molecule is Cc1ccccc1CN1CC(N)CC(Cc2cccc(Cl)c2)C1. The smallest absolute Gasteiger partial charge is 0.0408 e. The minimum atomic E-state index is 0.261. The molecule has 0 aromatic heterocycles. The molecule has 1 heterocycles. The summed E-state index contributed by atoms with van der Waals surface area (Å²) >= 11 is 6.11. The van der Waals surface area contributed by atoms with Gasteiger partial charge in [-0.15, -0.1) is 0 Å². The summed E-state index contributed by atoms with van der Waals surface area (Å²) in [5.74, 6) is 0.598. The van der Waals surface area contributed by atoms with Crippen LogP contribution in [0, 0.1) is 12.8 Å². The van der Waals surface area contributed by atoms with Crippen LogP contribution in [0.2, 0.25) is 5.02 Å². The van der Waals surface area contributed by atoms with Crippen LogP contribution in [0.4, 0.5) is 0 Å². The van der Waals surface area contributed by atoms with Crippen LogP contribution < -0.4 is 5.73 Å². The monoisotopic (exact) mass is 328 g/mol. The minimum Gasteiger partial charge on any atom is -0.327 e. The van der Waals surface area contributed by atoms with Gasteiger partial charge in [-0.25, -0.2) is 0 Å². The third-order valence-corrected chi connectivity index (χ3v) is 4.95. The largest absolute Gasteiger partial charge is 0.327 e. The van der Waals surface area contributed by atoms with Gasteiger partial charge in [0, 0.05) is 30.7 Å². The van der Waals surface area contributed by atoms with Gasteiger partial charge in [0.25, 0.3) is 0 Å². The van der Waals surface area contributed by atoms with Gasteiger partial charge in [-0.1, -0.05) is 48.0 Å². The number of halogens is 1. The van der Waals surface area contributed by atoms with Crippen molar-refractivity contribution in [2.45, 2.75) is 32.4 Å². The first-order chi connectivity index (χ1) is 11.1. The Morgan fingerprint density at radius 2 is 1.96 bits per heavy atom.